The van der Waals surface area contributed by atoms with Crippen molar-refractivity contribution in [1.29, 1.82) is 0 Å². The van der Waals surface area contributed by atoms with Gasteiger partial charge < -0.3 is 14.4 Å². The number of aliphatic hydroxyl groups excluding tert-OH is 1. The van der Waals surface area contributed by atoms with Gasteiger partial charge in [-0.3, -0.25) is 0 Å². The van der Waals surface area contributed by atoms with Crippen molar-refractivity contribution in [2.45, 2.75) is 51.7 Å². The zero-order valence-electron chi connectivity index (χ0n) is 12.3. The fraction of sp³-hybridized carbons (Fsp3) is 0.600. The minimum Gasteiger partial charge on any atom is -0.399 e. The van der Waals surface area contributed by atoms with Crippen LogP contribution in [0.1, 0.15) is 39.7 Å². The molecule has 0 aliphatic carbocycles. The van der Waals surface area contributed by atoms with Crippen LogP contribution in [0.4, 0.5) is 0 Å². The summed E-state index contributed by atoms with van der Waals surface area (Å²) in [6.07, 6.45) is 1.66. The maximum Gasteiger partial charge on any atom is 0.494 e. The highest BCUT2D eigenvalue weighted by molar-refractivity contribution is 6.62. The van der Waals surface area contributed by atoms with Crippen LogP contribution in [0.3, 0.4) is 0 Å². The molecule has 0 atom stereocenters. The van der Waals surface area contributed by atoms with Gasteiger partial charge in [-0.05, 0) is 51.6 Å². The van der Waals surface area contributed by atoms with Gasteiger partial charge in [-0.2, -0.15) is 0 Å². The third-order valence-corrected chi connectivity index (χ3v) is 4.10. The third kappa shape index (κ3) is 3.02. The van der Waals surface area contributed by atoms with E-state index in [2.05, 4.69) is 39.8 Å². The molecule has 19 heavy (non-hydrogen) atoms. The van der Waals surface area contributed by atoms with Gasteiger partial charge in [0.15, 0.2) is 0 Å². The Labute approximate surface area is 116 Å². The molecule has 1 heterocycles. The molecule has 1 fully saturated rings. The molecular weight excluding hydrogens is 239 g/mol. The van der Waals surface area contributed by atoms with Gasteiger partial charge in [0.1, 0.15) is 0 Å². The zero-order chi connectivity index (χ0) is 14.1. The standard InChI is InChI=1S/C15H23BO3/c1-14(2)15(3,4)19-16(18-14)13-9-5-7-12(11-13)8-6-10-17/h5,7,9,11,17H,6,8,10H2,1-4H3. The van der Waals surface area contributed by atoms with Gasteiger partial charge in [0.05, 0.1) is 11.2 Å². The fourth-order valence-corrected chi connectivity index (χ4v) is 2.16. The molecule has 1 saturated heterocycles. The molecule has 0 saturated carbocycles. The van der Waals surface area contributed by atoms with Crippen molar-refractivity contribution in [3.8, 4) is 0 Å². The summed E-state index contributed by atoms with van der Waals surface area (Å²) in [5.74, 6) is 0. The smallest absolute Gasteiger partial charge is 0.399 e. The lowest BCUT2D eigenvalue weighted by Crippen LogP contribution is -2.41. The summed E-state index contributed by atoms with van der Waals surface area (Å²) >= 11 is 0. The van der Waals surface area contributed by atoms with Crippen LogP contribution in [-0.2, 0) is 15.7 Å². The van der Waals surface area contributed by atoms with Crippen molar-refractivity contribution in [2.24, 2.45) is 0 Å². The highest BCUT2D eigenvalue weighted by atomic mass is 16.7. The van der Waals surface area contributed by atoms with E-state index in [4.69, 9.17) is 14.4 Å². The number of benzene rings is 1. The van der Waals surface area contributed by atoms with Crippen molar-refractivity contribution in [3.63, 3.8) is 0 Å². The Kier molecular flexibility index (Phi) is 4.04. The molecule has 1 aromatic carbocycles. The molecule has 0 amide bonds. The molecule has 3 nitrogen and oxygen atoms in total. The van der Waals surface area contributed by atoms with Gasteiger partial charge >= 0.3 is 7.12 Å². The second-order valence-corrected chi connectivity index (χ2v) is 6.16. The van der Waals surface area contributed by atoms with E-state index in [0.717, 1.165) is 18.3 Å². The number of hydrogen-bond acceptors (Lipinski definition) is 3. The summed E-state index contributed by atoms with van der Waals surface area (Å²) in [5.41, 5.74) is 1.65. The molecule has 1 N–H and O–H groups in total. The van der Waals surface area contributed by atoms with Crippen molar-refractivity contribution >= 4 is 12.6 Å². The Morgan fingerprint density at radius 3 is 2.32 bits per heavy atom. The van der Waals surface area contributed by atoms with E-state index >= 15 is 0 Å². The Morgan fingerprint density at radius 1 is 1.11 bits per heavy atom. The monoisotopic (exact) mass is 262 g/mol. The lowest BCUT2D eigenvalue weighted by atomic mass is 9.78. The maximum absolute atomic E-state index is 8.90. The van der Waals surface area contributed by atoms with Gasteiger partial charge in [0.25, 0.3) is 0 Å². The molecule has 4 heteroatoms. The van der Waals surface area contributed by atoms with Crippen molar-refractivity contribution in [1.82, 2.24) is 0 Å². The van der Waals surface area contributed by atoms with Gasteiger partial charge in [0.2, 0.25) is 0 Å². The zero-order valence-corrected chi connectivity index (χ0v) is 12.3. The Morgan fingerprint density at radius 2 is 1.74 bits per heavy atom. The minimum absolute atomic E-state index is 0.223. The highest BCUT2D eigenvalue weighted by Crippen LogP contribution is 2.36. The molecular formula is C15H23BO3. The predicted octanol–water partition coefficient (Wildman–Crippen LogP) is 1.91. The van der Waals surface area contributed by atoms with Crippen LogP contribution < -0.4 is 5.46 Å². The Bertz CT molecular complexity index is 427. The number of hydrogen-bond donors (Lipinski definition) is 1. The van der Waals surface area contributed by atoms with Crippen molar-refractivity contribution in [3.05, 3.63) is 29.8 Å². The van der Waals surface area contributed by atoms with Crippen LogP contribution >= 0.6 is 0 Å². The molecule has 0 spiro atoms. The first-order valence-electron chi connectivity index (χ1n) is 6.91. The first-order valence-corrected chi connectivity index (χ1v) is 6.91. The van der Waals surface area contributed by atoms with Gasteiger partial charge in [-0.15, -0.1) is 0 Å². The van der Waals surface area contributed by atoms with E-state index in [9.17, 15) is 0 Å². The van der Waals surface area contributed by atoms with Crippen molar-refractivity contribution in [2.75, 3.05) is 6.61 Å². The minimum atomic E-state index is -0.307. The molecule has 1 aromatic rings. The summed E-state index contributed by atoms with van der Waals surface area (Å²) in [5, 5.41) is 8.90. The molecule has 2 rings (SSSR count). The highest BCUT2D eigenvalue weighted by Gasteiger charge is 2.51. The normalized spacial score (nSPS) is 20.8. The molecule has 0 radical (unpaired) electrons. The number of aryl methyl sites for hydroxylation is 1. The quantitative estimate of drug-likeness (QED) is 0.842. The average molecular weight is 262 g/mol. The maximum atomic E-state index is 8.90. The van der Waals surface area contributed by atoms with Crippen LogP contribution in [0.25, 0.3) is 0 Å². The lowest BCUT2D eigenvalue weighted by Gasteiger charge is -2.32. The first-order chi connectivity index (χ1) is 8.86. The van der Waals surface area contributed by atoms with Crippen LogP contribution in [0.5, 0.6) is 0 Å². The van der Waals surface area contributed by atoms with Gasteiger partial charge in [-0.25, -0.2) is 0 Å². The topological polar surface area (TPSA) is 38.7 Å². The second-order valence-electron chi connectivity index (χ2n) is 6.16. The largest absolute Gasteiger partial charge is 0.494 e. The molecule has 0 unspecified atom stereocenters. The summed E-state index contributed by atoms with van der Waals surface area (Å²) < 4.78 is 12.1. The van der Waals surface area contributed by atoms with E-state index in [1.807, 2.05) is 12.1 Å². The van der Waals surface area contributed by atoms with Gasteiger partial charge in [0, 0.05) is 6.61 Å². The summed E-state index contributed by atoms with van der Waals surface area (Å²) in [7, 11) is -0.306. The predicted molar refractivity (Wildman–Crippen MR) is 77.6 cm³/mol. The number of aliphatic hydroxyl groups is 1. The van der Waals surface area contributed by atoms with E-state index < -0.39 is 0 Å². The van der Waals surface area contributed by atoms with E-state index in [-0.39, 0.29) is 24.9 Å². The van der Waals surface area contributed by atoms with Gasteiger partial charge in [-0.1, -0.05) is 24.3 Å². The first kappa shape index (κ1) is 14.6. The molecule has 104 valence electrons. The fourth-order valence-electron chi connectivity index (χ4n) is 2.16. The van der Waals surface area contributed by atoms with Crippen LogP contribution in [0.2, 0.25) is 0 Å². The summed E-state index contributed by atoms with van der Waals surface area (Å²) in [6, 6.07) is 8.24. The molecule has 0 bridgehead atoms. The van der Waals surface area contributed by atoms with E-state index in [0.29, 0.717) is 0 Å². The summed E-state index contributed by atoms with van der Waals surface area (Å²) in [4.78, 5) is 0. The number of rotatable bonds is 4. The third-order valence-electron chi connectivity index (χ3n) is 4.10. The van der Waals surface area contributed by atoms with Crippen LogP contribution in [0.15, 0.2) is 24.3 Å². The van der Waals surface area contributed by atoms with Crippen molar-refractivity contribution < 1.29 is 14.4 Å². The Balaban J connectivity index is 2.15. The Hall–Kier alpha value is -0.835. The second kappa shape index (κ2) is 5.27. The average Bonchev–Trinajstić information content (AvgIpc) is 2.56. The molecule has 1 aliphatic rings. The van der Waals surface area contributed by atoms with Crippen LogP contribution in [0, 0.1) is 0 Å². The SMILES string of the molecule is CC1(C)OB(c2cccc(CCCO)c2)OC1(C)C. The van der Waals surface area contributed by atoms with E-state index in [1.165, 1.54) is 5.56 Å². The lowest BCUT2D eigenvalue weighted by molar-refractivity contribution is 0.00578. The van der Waals surface area contributed by atoms with E-state index in [1.54, 1.807) is 0 Å². The molecule has 0 aromatic heterocycles. The van der Waals surface area contributed by atoms with Crippen LogP contribution in [-0.4, -0.2) is 30.0 Å². The molecule has 1 aliphatic heterocycles. The summed E-state index contributed by atoms with van der Waals surface area (Å²) in [6.45, 7) is 8.46.